The predicted molar refractivity (Wildman–Crippen MR) is 129 cm³/mol. The number of ketones is 1. The minimum atomic E-state index is -1.29. The second kappa shape index (κ2) is 10.6. The molecule has 11 heteroatoms. The molecule has 3 aromatic heterocycles. The Morgan fingerprint density at radius 2 is 1.73 bits per heavy atom. The van der Waals surface area contributed by atoms with E-state index in [1.807, 2.05) is 37.3 Å². The van der Waals surface area contributed by atoms with Gasteiger partial charge < -0.3 is 23.4 Å². The van der Waals surface area contributed by atoms with Gasteiger partial charge in [0.15, 0.2) is 11.6 Å². The molecule has 188 valence electrons. The van der Waals surface area contributed by atoms with Crippen molar-refractivity contribution in [3.05, 3.63) is 77.4 Å². The van der Waals surface area contributed by atoms with Gasteiger partial charge in [0, 0.05) is 36.6 Å². The number of aliphatic hydroxyl groups is 1. The van der Waals surface area contributed by atoms with Crippen LogP contribution in [0.15, 0.2) is 68.2 Å². The van der Waals surface area contributed by atoms with Crippen LogP contribution < -0.4 is 0 Å². The summed E-state index contributed by atoms with van der Waals surface area (Å²) in [5.74, 6) is 1.29. The Morgan fingerprint density at radius 3 is 2.49 bits per heavy atom. The van der Waals surface area contributed by atoms with Crippen LogP contribution in [-0.2, 0) is 22.6 Å². The minimum absolute atomic E-state index is 0.0488. The number of rotatable bonds is 10. The van der Waals surface area contributed by atoms with Crippen LogP contribution in [0.1, 0.15) is 35.4 Å². The molecule has 37 heavy (non-hydrogen) atoms. The lowest BCUT2D eigenvalue weighted by molar-refractivity contribution is -0.127. The molecule has 2 aromatic carbocycles. The van der Waals surface area contributed by atoms with Gasteiger partial charge in [0.05, 0.1) is 0 Å². The molecule has 3 heterocycles. The van der Waals surface area contributed by atoms with Crippen LogP contribution >= 0.6 is 0 Å². The number of carbonyl (C=O) groups is 1. The molecule has 0 saturated carbocycles. The first-order chi connectivity index (χ1) is 18.0. The summed E-state index contributed by atoms with van der Waals surface area (Å²) < 4.78 is 20.9. The Hall–Kier alpha value is -4.48. The summed E-state index contributed by atoms with van der Waals surface area (Å²) in [6.45, 7) is 2.10. The van der Waals surface area contributed by atoms with Crippen LogP contribution in [0.4, 0.5) is 0 Å². The number of nitrogens with zero attached hydrogens (tertiary/aromatic N) is 5. The smallest absolute Gasteiger partial charge is 0.297 e. The van der Waals surface area contributed by atoms with Gasteiger partial charge in [-0.15, -0.1) is 0 Å². The summed E-state index contributed by atoms with van der Waals surface area (Å²) in [5, 5.41) is 22.4. The molecular formula is C26H23N5O6. The average molecular weight is 501 g/mol. The molecular weight excluding hydrogens is 478 g/mol. The number of carbonyl (C=O) groups excluding carboxylic acids is 1. The van der Waals surface area contributed by atoms with Crippen LogP contribution in [0.3, 0.4) is 0 Å². The van der Waals surface area contributed by atoms with E-state index in [2.05, 4.69) is 25.4 Å². The third-order valence-corrected chi connectivity index (χ3v) is 5.75. The van der Waals surface area contributed by atoms with Gasteiger partial charge in [0.25, 0.3) is 5.89 Å². The topological polar surface area (TPSA) is 150 Å². The van der Waals surface area contributed by atoms with Gasteiger partial charge in [-0.3, -0.25) is 4.79 Å². The number of aliphatic hydroxyl groups excluding tert-OH is 1. The SMILES string of the molecule is COCc1noc(CCC(=O)C(O)c2ccc(-c3noc(-c4onc(-c5ccccc5)c4C)n3)cc2)n1. The summed E-state index contributed by atoms with van der Waals surface area (Å²) in [6, 6.07) is 16.4. The van der Waals surface area contributed by atoms with E-state index in [9.17, 15) is 9.90 Å². The predicted octanol–water partition coefficient (Wildman–Crippen LogP) is 4.13. The summed E-state index contributed by atoms with van der Waals surface area (Å²) in [6.07, 6.45) is -1.01. The number of ether oxygens (including phenoxy) is 1. The Labute approximate surface area is 211 Å². The van der Waals surface area contributed by atoms with E-state index in [0.717, 1.165) is 11.1 Å². The van der Waals surface area contributed by atoms with Gasteiger partial charge in [-0.1, -0.05) is 70.1 Å². The monoisotopic (exact) mass is 501 g/mol. The third-order valence-electron chi connectivity index (χ3n) is 5.75. The Balaban J connectivity index is 1.24. The van der Waals surface area contributed by atoms with E-state index in [4.69, 9.17) is 18.3 Å². The first-order valence-corrected chi connectivity index (χ1v) is 11.5. The second-order valence-corrected chi connectivity index (χ2v) is 8.30. The highest BCUT2D eigenvalue weighted by Crippen LogP contribution is 2.31. The van der Waals surface area contributed by atoms with Crippen molar-refractivity contribution in [3.8, 4) is 34.3 Å². The molecule has 0 aliphatic rings. The third kappa shape index (κ3) is 5.22. The highest BCUT2D eigenvalue weighted by Gasteiger charge is 2.22. The van der Waals surface area contributed by atoms with Crippen molar-refractivity contribution >= 4 is 5.78 Å². The number of aromatic nitrogens is 5. The lowest BCUT2D eigenvalue weighted by atomic mass is 10.0. The summed E-state index contributed by atoms with van der Waals surface area (Å²) in [5.41, 5.74) is 3.50. The van der Waals surface area contributed by atoms with Crippen molar-refractivity contribution in [1.29, 1.82) is 0 Å². The summed E-state index contributed by atoms with van der Waals surface area (Å²) in [7, 11) is 1.53. The summed E-state index contributed by atoms with van der Waals surface area (Å²) in [4.78, 5) is 21.0. The van der Waals surface area contributed by atoms with Crippen LogP contribution in [0, 0.1) is 6.92 Å². The Morgan fingerprint density at radius 1 is 0.946 bits per heavy atom. The van der Waals surface area contributed by atoms with Crippen molar-refractivity contribution < 1.29 is 28.2 Å². The van der Waals surface area contributed by atoms with Crippen molar-refractivity contribution in [1.82, 2.24) is 25.4 Å². The van der Waals surface area contributed by atoms with E-state index in [1.54, 1.807) is 24.3 Å². The van der Waals surface area contributed by atoms with E-state index < -0.39 is 6.10 Å². The van der Waals surface area contributed by atoms with Crippen LogP contribution in [0.5, 0.6) is 0 Å². The van der Waals surface area contributed by atoms with Crippen LogP contribution in [0.2, 0.25) is 0 Å². The van der Waals surface area contributed by atoms with Crippen molar-refractivity contribution in [2.45, 2.75) is 32.5 Å². The maximum absolute atomic E-state index is 12.5. The molecule has 5 rings (SSSR count). The van der Waals surface area contributed by atoms with Gasteiger partial charge in [-0.25, -0.2) is 0 Å². The molecule has 0 spiro atoms. The maximum atomic E-state index is 12.5. The standard InChI is InChI=1S/C26H23N5O6/c1-15-22(16-6-4-3-5-7-16)30-36-24(15)26-28-25(31-37-26)18-10-8-17(9-11-18)23(33)19(32)12-13-21-27-20(14-34-2)29-35-21/h3-11,23,33H,12-14H2,1-2H3. The molecule has 0 bridgehead atoms. The van der Waals surface area contributed by atoms with E-state index in [-0.39, 0.29) is 31.1 Å². The fourth-order valence-corrected chi connectivity index (χ4v) is 3.78. The zero-order valence-electron chi connectivity index (χ0n) is 20.1. The Kier molecular flexibility index (Phi) is 6.97. The largest absolute Gasteiger partial charge is 0.381 e. The molecule has 0 aliphatic heterocycles. The van der Waals surface area contributed by atoms with E-state index in [1.165, 1.54) is 7.11 Å². The number of Topliss-reactive ketones (excluding diaryl/α,β-unsaturated/α-hetero) is 1. The number of hydrogen-bond donors (Lipinski definition) is 1. The molecule has 0 fully saturated rings. The Bertz CT molecular complexity index is 1490. The molecule has 1 N–H and O–H groups in total. The molecule has 0 aliphatic carbocycles. The highest BCUT2D eigenvalue weighted by atomic mass is 16.5. The number of benzene rings is 2. The molecule has 5 aromatic rings. The molecule has 11 nitrogen and oxygen atoms in total. The first-order valence-electron chi connectivity index (χ1n) is 11.5. The van der Waals surface area contributed by atoms with E-state index in [0.29, 0.717) is 40.1 Å². The van der Waals surface area contributed by atoms with E-state index >= 15 is 0 Å². The lowest BCUT2D eigenvalue weighted by Gasteiger charge is -2.09. The zero-order chi connectivity index (χ0) is 25.8. The zero-order valence-corrected chi connectivity index (χ0v) is 20.1. The van der Waals surface area contributed by atoms with Crippen molar-refractivity contribution in [2.75, 3.05) is 7.11 Å². The highest BCUT2D eigenvalue weighted by molar-refractivity contribution is 5.84. The van der Waals surface area contributed by atoms with Crippen LogP contribution in [-0.4, -0.2) is 43.4 Å². The quantitative estimate of drug-likeness (QED) is 0.294. The number of methoxy groups -OCH3 is 1. The average Bonchev–Trinajstić information content (AvgIpc) is 3.68. The number of hydrogen-bond acceptors (Lipinski definition) is 11. The number of aryl methyl sites for hydroxylation is 1. The van der Waals surface area contributed by atoms with Gasteiger partial charge in [0.1, 0.15) is 18.4 Å². The van der Waals surface area contributed by atoms with Crippen LogP contribution in [0.25, 0.3) is 34.3 Å². The van der Waals surface area contributed by atoms with Gasteiger partial charge in [0.2, 0.25) is 17.5 Å². The van der Waals surface area contributed by atoms with Crippen molar-refractivity contribution in [2.24, 2.45) is 0 Å². The molecule has 0 amide bonds. The molecule has 0 saturated heterocycles. The minimum Gasteiger partial charge on any atom is -0.381 e. The second-order valence-electron chi connectivity index (χ2n) is 8.30. The summed E-state index contributed by atoms with van der Waals surface area (Å²) >= 11 is 0. The maximum Gasteiger partial charge on any atom is 0.297 e. The van der Waals surface area contributed by atoms with Gasteiger partial charge >= 0.3 is 0 Å². The fourth-order valence-electron chi connectivity index (χ4n) is 3.78. The fraction of sp³-hybridized carbons (Fsp3) is 0.231. The molecule has 1 unspecified atom stereocenters. The van der Waals surface area contributed by atoms with Gasteiger partial charge in [-0.2, -0.15) is 9.97 Å². The lowest BCUT2D eigenvalue weighted by Crippen LogP contribution is -2.12. The van der Waals surface area contributed by atoms with Crippen molar-refractivity contribution in [3.63, 3.8) is 0 Å². The normalized spacial score (nSPS) is 12.1. The van der Waals surface area contributed by atoms with Gasteiger partial charge in [-0.05, 0) is 12.5 Å². The molecule has 1 atom stereocenters. The molecule has 0 radical (unpaired) electrons. The first kappa shape index (κ1) is 24.2.